The van der Waals surface area contributed by atoms with Crippen LogP contribution in [-0.4, -0.2) is 6.54 Å². The first-order valence-corrected chi connectivity index (χ1v) is 5.79. The van der Waals surface area contributed by atoms with Crippen LogP contribution in [0, 0.1) is 11.8 Å². The molecule has 0 fully saturated rings. The first kappa shape index (κ1) is 10.8. The normalized spacial score (nSPS) is 11.9. The van der Waals surface area contributed by atoms with Crippen LogP contribution < -0.4 is 5.32 Å². The van der Waals surface area contributed by atoms with E-state index in [1.54, 1.807) is 11.3 Å². The summed E-state index contributed by atoms with van der Waals surface area (Å²) in [5.74, 6) is 5.85. The molecule has 0 aliphatic rings. The van der Waals surface area contributed by atoms with Crippen LogP contribution in [0.5, 0.6) is 0 Å². The average molecular weight is 258 g/mol. The molecule has 0 amide bonds. The standard InChI is InChI=1S/C10H12BrNS/c1-3-4-6-12-8(2)10-9(11)5-7-13-10/h5,7-8,12H,6H2,1-2H3. The molecule has 1 heterocycles. The van der Waals surface area contributed by atoms with Gasteiger partial charge in [0.15, 0.2) is 0 Å². The molecule has 70 valence electrons. The van der Waals surface area contributed by atoms with Crippen LogP contribution in [0.4, 0.5) is 0 Å². The molecule has 0 bridgehead atoms. The third-order valence-corrected chi connectivity index (χ3v) is 3.76. The van der Waals surface area contributed by atoms with Crippen molar-refractivity contribution in [1.82, 2.24) is 5.32 Å². The molecule has 0 aromatic carbocycles. The van der Waals surface area contributed by atoms with Gasteiger partial charge >= 0.3 is 0 Å². The molecule has 1 aromatic heterocycles. The van der Waals surface area contributed by atoms with Crippen molar-refractivity contribution >= 4 is 27.3 Å². The van der Waals surface area contributed by atoms with Crippen LogP contribution in [0.15, 0.2) is 15.9 Å². The first-order chi connectivity index (χ1) is 6.25. The first-order valence-electron chi connectivity index (χ1n) is 4.11. The molecule has 1 N–H and O–H groups in total. The van der Waals surface area contributed by atoms with Crippen molar-refractivity contribution < 1.29 is 0 Å². The van der Waals surface area contributed by atoms with Gasteiger partial charge in [-0.25, -0.2) is 0 Å². The predicted molar refractivity (Wildman–Crippen MR) is 61.9 cm³/mol. The quantitative estimate of drug-likeness (QED) is 0.821. The summed E-state index contributed by atoms with van der Waals surface area (Å²) in [4.78, 5) is 1.33. The lowest BCUT2D eigenvalue weighted by atomic mass is 10.3. The van der Waals surface area contributed by atoms with Crippen LogP contribution in [0.1, 0.15) is 24.8 Å². The molecular weight excluding hydrogens is 246 g/mol. The van der Waals surface area contributed by atoms with E-state index in [1.165, 1.54) is 9.35 Å². The van der Waals surface area contributed by atoms with Crippen molar-refractivity contribution in [3.63, 3.8) is 0 Å². The molecule has 0 saturated heterocycles. The van der Waals surface area contributed by atoms with Gasteiger partial charge < -0.3 is 0 Å². The van der Waals surface area contributed by atoms with Crippen LogP contribution >= 0.6 is 27.3 Å². The maximum atomic E-state index is 3.51. The summed E-state index contributed by atoms with van der Waals surface area (Å²) in [5, 5.41) is 5.42. The van der Waals surface area contributed by atoms with Gasteiger partial charge in [-0.3, -0.25) is 5.32 Å². The van der Waals surface area contributed by atoms with E-state index in [0.29, 0.717) is 6.04 Å². The van der Waals surface area contributed by atoms with Crippen LogP contribution in [-0.2, 0) is 0 Å². The topological polar surface area (TPSA) is 12.0 Å². The Morgan fingerprint density at radius 2 is 2.46 bits per heavy atom. The minimum Gasteiger partial charge on any atom is -0.299 e. The fourth-order valence-corrected chi connectivity index (χ4v) is 2.75. The maximum absolute atomic E-state index is 3.51. The van der Waals surface area contributed by atoms with Crippen molar-refractivity contribution in [3.05, 3.63) is 20.8 Å². The molecule has 1 rings (SSSR count). The van der Waals surface area contributed by atoms with E-state index in [0.717, 1.165) is 6.54 Å². The largest absolute Gasteiger partial charge is 0.299 e. The summed E-state index contributed by atoms with van der Waals surface area (Å²) in [7, 11) is 0. The summed E-state index contributed by atoms with van der Waals surface area (Å²) < 4.78 is 1.18. The number of hydrogen-bond donors (Lipinski definition) is 1. The maximum Gasteiger partial charge on any atom is 0.0581 e. The lowest BCUT2D eigenvalue weighted by Crippen LogP contribution is -2.18. The highest BCUT2D eigenvalue weighted by molar-refractivity contribution is 9.10. The van der Waals surface area contributed by atoms with Crippen LogP contribution in [0.2, 0.25) is 0 Å². The van der Waals surface area contributed by atoms with Gasteiger partial charge in [0.1, 0.15) is 0 Å². The highest BCUT2D eigenvalue weighted by Gasteiger charge is 2.08. The summed E-state index contributed by atoms with van der Waals surface area (Å²) in [6, 6.07) is 2.44. The van der Waals surface area contributed by atoms with Gasteiger partial charge in [0, 0.05) is 15.4 Å². The number of nitrogens with one attached hydrogen (secondary N) is 1. The van der Waals surface area contributed by atoms with E-state index in [-0.39, 0.29) is 0 Å². The van der Waals surface area contributed by atoms with E-state index in [9.17, 15) is 0 Å². The zero-order chi connectivity index (χ0) is 9.68. The Bertz CT molecular complexity index is 321. The lowest BCUT2D eigenvalue weighted by molar-refractivity contribution is 0.631. The summed E-state index contributed by atoms with van der Waals surface area (Å²) in [6.45, 7) is 4.75. The second kappa shape index (κ2) is 5.43. The Balaban J connectivity index is 2.52. The van der Waals surface area contributed by atoms with Crippen LogP contribution in [0.25, 0.3) is 0 Å². The second-order valence-electron chi connectivity index (χ2n) is 2.66. The smallest absolute Gasteiger partial charge is 0.0581 e. The van der Waals surface area contributed by atoms with Gasteiger partial charge in [-0.05, 0) is 41.2 Å². The number of halogens is 1. The molecular formula is C10H12BrNS. The zero-order valence-electron chi connectivity index (χ0n) is 7.73. The molecule has 0 spiro atoms. The van der Waals surface area contributed by atoms with E-state index in [2.05, 4.69) is 51.5 Å². The summed E-state index contributed by atoms with van der Waals surface area (Å²) in [5.41, 5.74) is 0. The molecule has 13 heavy (non-hydrogen) atoms. The van der Waals surface area contributed by atoms with Gasteiger partial charge in [0.25, 0.3) is 0 Å². The summed E-state index contributed by atoms with van der Waals surface area (Å²) >= 11 is 5.27. The van der Waals surface area contributed by atoms with Gasteiger partial charge in [0.2, 0.25) is 0 Å². The number of hydrogen-bond acceptors (Lipinski definition) is 2. The van der Waals surface area contributed by atoms with Crippen LogP contribution in [0.3, 0.4) is 0 Å². The highest BCUT2D eigenvalue weighted by atomic mass is 79.9. The third-order valence-electron chi connectivity index (χ3n) is 1.71. The van der Waals surface area contributed by atoms with Gasteiger partial charge in [-0.1, -0.05) is 5.92 Å². The van der Waals surface area contributed by atoms with Crippen molar-refractivity contribution in [2.75, 3.05) is 6.54 Å². The Hall–Kier alpha value is -0.300. The highest BCUT2D eigenvalue weighted by Crippen LogP contribution is 2.28. The number of rotatable bonds is 3. The van der Waals surface area contributed by atoms with Crippen molar-refractivity contribution in [3.8, 4) is 11.8 Å². The Morgan fingerprint density at radius 3 is 3.00 bits per heavy atom. The lowest BCUT2D eigenvalue weighted by Gasteiger charge is -2.09. The molecule has 1 nitrogen and oxygen atoms in total. The molecule has 0 saturated carbocycles. The Kier molecular flexibility index (Phi) is 4.51. The minimum absolute atomic E-state index is 0.371. The van der Waals surface area contributed by atoms with E-state index >= 15 is 0 Å². The molecule has 0 radical (unpaired) electrons. The Morgan fingerprint density at radius 1 is 1.69 bits per heavy atom. The molecule has 1 unspecified atom stereocenters. The van der Waals surface area contributed by atoms with Crippen molar-refractivity contribution in [2.24, 2.45) is 0 Å². The molecule has 0 aliphatic carbocycles. The third kappa shape index (κ3) is 3.15. The summed E-state index contributed by atoms with van der Waals surface area (Å²) in [6.07, 6.45) is 0. The molecule has 0 aliphatic heterocycles. The fourth-order valence-electron chi connectivity index (χ4n) is 1.000. The van der Waals surface area contributed by atoms with Gasteiger partial charge in [0.05, 0.1) is 6.54 Å². The molecule has 3 heteroatoms. The van der Waals surface area contributed by atoms with Crippen molar-refractivity contribution in [1.29, 1.82) is 0 Å². The predicted octanol–water partition coefficient (Wildman–Crippen LogP) is 3.18. The Labute approximate surface area is 91.7 Å². The minimum atomic E-state index is 0.371. The van der Waals surface area contributed by atoms with E-state index in [1.807, 2.05) is 6.92 Å². The van der Waals surface area contributed by atoms with Gasteiger partial charge in [-0.2, -0.15) is 0 Å². The SMILES string of the molecule is CC#CCNC(C)c1sccc1Br. The number of thiophene rings is 1. The fraction of sp³-hybridized carbons (Fsp3) is 0.400. The van der Waals surface area contributed by atoms with Gasteiger partial charge in [-0.15, -0.1) is 17.3 Å². The average Bonchev–Trinajstić information content (AvgIpc) is 2.52. The monoisotopic (exact) mass is 257 g/mol. The second-order valence-corrected chi connectivity index (χ2v) is 4.46. The zero-order valence-corrected chi connectivity index (χ0v) is 10.1. The van der Waals surface area contributed by atoms with Crippen molar-refractivity contribution in [2.45, 2.75) is 19.9 Å². The van der Waals surface area contributed by atoms with E-state index < -0.39 is 0 Å². The molecule has 1 aromatic rings. The molecule has 1 atom stereocenters. The van der Waals surface area contributed by atoms with E-state index in [4.69, 9.17) is 0 Å².